The lowest BCUT2D eigenvalue weighted by atomic mass is 9.89. The van der Waals surface area contributed by atoms with Gasteiger partial charge in [0.2, 0.25) is 0 Å². The van der Waals surface area contributed by atoms with Crippen LogP contribution in [0, 0.1) is 0 Å². The quantitative estimate of drug-likeness (QED) is 0.216. The first-order valence-corrected chi connectivity index (χ1v) is 14.6. The smallest absolute Gasteiger partial charge is 0.416 e. The molecule has 5 rings (SSSR count). The molecule has 1 unspecified atom stereocenters. The van der Waals surface area contributed by atoms with Crippen molar-refractivity contribution < 1.29 is 31.5 Å². The number of likely N-dealkylation sites (tertiary alicyclic amines) is 1. The third-order valence-corrected chi connectivity index (χ3v) is 7.79. The number of ether oxygens (including phenoxy) is 1. The van der Waals surface area contributed by atoms with Gasteiger partial charge < -0.3 is 15.0 Å². The molecule has 0 saturated carbocycles. The van der Waals surface area contributed by atoms with E-state index >= 15 is 0 Å². The van der Waals surface area contributed by atoms with Crippen molar-refractivity contribution in [3.63, 3.8) is 0 Å². The van der Waals surface area contributed by atoms with Gasteiger partial charge in [-0.25, -0.2) is 4.98 Å². The Hall–Kier alpha value is -3.72. The Morgan fingerprint density at radius 1 is 1.07 bits per heavy atom. The summed E-state index contributed by atoms with van der Waals surface area (Å²) >= 11 is 0. The van der Waals surface area contributed by atoms with Gasteiger partial charge in [-0.05, 0) is 82.3 Å². The number of carbonyl (C=O) groups excluding carboxylic acids is 1. The Kier molecular flexibility index (Phi) is 8.92. The van der Waals surface area contributed by atoms with Crippen molar-refractivity contribution in [3.05, 3.63) is 101 Å². The third kappa shape index (κ3) is 7.44. The predicted octanol–water partition coefficient (Wildman–Crippen LogP) is 7.10. The van der Waals surface area contributed by atoms with E-state index < -0.39 is 23.5 Å². The minimum absolute atomic E-state index is 0.0781. The fourth-order valence-corrected chi connectivity index (χ4v) is 5.62. The molecule has 1 aliphatic carbocycles. The van der Waals surface area contributed by atoms with Gasteiger partial charge in [0, 0.05) is 31.5 Å². The summed E-state index contributed by atoms with van der Waals surface area (Å²) in [5, 5.41) is 2.90. The number of allylic oxidation sites excluding steroid dienone is 3. The molecule has 3 heterocycles. The molecule has 1 amide bonds. The molecule has 1 aromatic carbocycles. The van der Waals surface area contributed by atoms with Gasteiger partial charge in [0.25, 0.3) is 5.91 Å². The molecule has 43 heavy (non-hydrogen) atoms. The Morgan fingerprint density at radius 2 is 1.79 bits per heavy atom. The number of amides is 1. The van der Waals surface area contributed by atoms with E-state index in [0.29, 0.717) is 24.5 Å². The molecular formula is C31H32F5N4O2P. The number of piperidine rings is 1. The summed E-state index contributed by atoms with van der Waals surface area (Å²) in [7, 11) is 1.37. The molecule has 2 aromatic heterocycles. The summed E-state index contributed by atoms with van der Waals surface area (Å²) in [6, 6.07) is 8.73. The van der Waals surface area contributed by atoms with Gasteiger partial charge in [-0.2, -0.15) is 22.0 Å². The maximum Gasteiger partial charge on any atom is 0.416 e. The summed E-state index contributed by atoms with van der Waals surface area (Å²) in [4.78, 5) is 19.7. The van der Waals surface area contributed by atoms with Crippen molar-refractivity contribution >= 4 is 20.8 Å². The molecule has 12 heteroatoms. The van der Waals surface area contributed by atoms with Gasteiger partial charge in [-0.3, -0.25) is 9.20 Å². The zero-order chi connectivity index (χ0) is 30.8. The standard InChI is InChI=1S/C31H32F5N4O2P/c1-2-26-28(40-17-14-23(30(32,33)34)18-27(40)38-26)29(41)37-19-20-4-3-5-24(9-6-20)39-15-12-22(13-16-39)21-7-10-25(11-8-21)42-31(35,36)43/h4-11,14,17-18,22H,2-3,12-13,15-16,19,43H2,1H3,(H,37,41). The number of benzene rings is 1. The molecule has 0 radical (unpaired) electrons. The lowest BCUT2D eigenvalue weighted by molar-refractivity contribution is -0.137. The Morgan fingerprint density at radius 3 is 2.44 bits per heavy atom. The van der Waals surface area contributed by atoms with E-state index in [1.165, 1.54) is 19.8 Å². The van der Waals surface area contributed by atoms with Gasteiger partial charge >= 0.3 is 12.0 Å². The number of fused-ring (bicyclic) bond motifs is 1. The second kappa shape index (κ2) is 12.5. The van der Waals surface area contributed by atoms with Gasteiger partial charge in [0.05, 0.1) is 11.3 Å². The van der Waals surface area contributed by atoms with Crippen molar-refractivity contribution in [3.8, 4) is 5.75 Å². The van der Waals surface area contributed by atoms with Crippen LogP contribution in [-0.4, -0.2) is 45.7 Å². The van der Waals surface area contributed by atoms with E-state index in [9.17, 15) is 26.7 Å². The van der Waals surface area contributed by atoms with Gasteiger partial charge in [-0.1, -0.05) is 37.3 Å². The average molecular weight is 619 g/mol. The van der Waals surface area contributed by atoms with E-state index in [4.69, 9.17) is 0 Å². The van der Waals surface area contributed by atoms with E-state index in [-0.39, 0.29) is 23.6 Å². The number of nitrogens with zero attached hydrogens (tertiary/aromatic N) is 3. The Balaban J connectivity index is 1.16. The monoisotopic (exact) mass is 618 g/mol. The number of halogens is 5. The fourth-order valence-electron chi connectivity index (χ4n) is 5.48. The molecule has 228 valence electrons. The first-order chi connectivity index (χ1) is 20.4. The third-order valence-electron chi connectivity index (χ3n) is 7.67. The van der Waals surface area contributed by atoms with Crippen LogP contribution in [0.5, 0.6) is 5.75 Å². The molecular weight excluding hydrogens is 586 g/mol. The van der Waals surface area contributed by atoms with Crippen LogP contribution in [0.4, 0.5) is 22.0 Å². The van der Waals surface area contributed by atoms with Gasteiger partial charge in [0.1, 0.15) is 17.1 Å². The normalized spacial score (nSPS) is 16.6. The largest absolute Gasteiger partial charge is 0.430 e. The number of aromatic nitrogens is 2. The molecule has 1 N–H and O–H groups in total. The number of aryl methyl sites for hydroxylation is 1. The topological polar surface area (TPSA) is 58.9 Å². The van der Waals surface area contributed by atoms with Crippen LogP contribution < -0.4 is 10.1 Å². The molecule has 1 atom stereocenters. The summed E-state index contributed by atoms with van der Waals surface area (Å²) < 4.78 is 71.6. The van der Waals surface area contributed by atoms with Crippen LogP contribution in [0.3, 0.4) is 0 Å². The number of alkyl halides is 5. The van der Waals surface area contributed by atoms with Crippen molar-refractivity contribution in [2.75, 3.05) is 19.6 Å². The first kappa shape index (κ1) is 30.7. The minimum Gasteiger partial charge on any atom is -0.430 e. The Labute approximate surface area is 248 Å². The highest BCUT2D eigenvalue weighted by Gasteiger charge is 2.31. The number of carbonyl (C=O) groups is 1. The predicted molar refractivity (Wildman–Crippen MR) is 157 cm³/mol. The zero-order valence-electron chi connectivity index (χ0n) is 23.5. The van der Waals surface area contributed by atoms with Gasteiger partial charge in [-0.15, -0.1) is 0 Å². The van der Waals surface area contributed by atoms with Crippen LogP contribution in [0.2, 0.25) is 0 Å². The average Bonchev–Trinajstić information content (AvgIpc) is 3.17. The maximum atomic E-state index is 13.2. The summed E-state index contributed by atoms with van der Waals surface area (Å²) in [5.74, 6) is -3.25. The van der Waals surface area contributed by atoms with Gasteiger partial charge in [0.15, 0.2) is 0 Å². The molecule has 3 aromatic rings. The van der Waals surface area contributed by atoms with Crippen molar-refractivity contribution in [2.24, 2.45) is 0 Å². The second-order valence-corrected chi connectivity index (χ2v) is 11.2. The minimum atomic E-state index is -4.50. The van der Waals surface area contributed by atoms with E-state index in [1.54, 1.807) is 19.1 Å². The van der Waals surface area contributed by atoms with E-state index in [1.807, 2.05) is 30.4 Å². The molecule has 1 fully saturated rings. The number of pyridine rings is 1. The highest BCUT2D eigenvalue weighted by Crippen LogP contribution is 2.33. The summed E-state index contributed by atoms with van der Waals surface area (Å²) in [5.41, 5.74) is 3.04. The van der Waals surface area contributed by atoms with Crippen LogP contribution in [-0.2, 0) is 12.6 Å². The van der Waals surface area contributed by atoms with E-state index in [0.717, 1.165) is 54.9 Å². The zero-order valence-corrected chi connectivity index (χ0v) is 24.7. The van der Waals surface area contributed by atoms with Crippen LogP contribution in [0.1, 0.15) is 59.4 Å². The molecule has 2 aliphatic rings. The second-order valence-electron chi connectivity index (χ2n) is 10.6. The number of imidazole rings is 1. The lowest BCUT2D eigenvalue weighted by Crippen LogP contribution is -2.31. The molecule has 1 saturated heterocycles. The van der Waals surface area contributed by atoms with Crippen LogP contribution in [0.15, 0.2) is 78.2 Å². The van der Waals surface area contributed by atoms with Crippen LogP contribution in [0.25, 0.3) is 5.65 Å². The van der Waals surface area contributed by atoms with Crippen molar-refractivity contribution in [2.45, 2.75) is 50.6 Å². The molecule has 0 bridgehead atoms. The van der Waals surface area contributed by atoms with Crippen LogP contribution >= 0.6 is 9.24 Å². The highest BCUT2D eigenvalue weighted by molar-refractivity contribution is 7.17. The van der Waals surface area contributed by atoms with Crippen molar-refractivity contribution in [1.82, 2.24) is 19.6 Å². The number of hydrogen-bond acceptors (Lipinski definition) is 4. The number of hydrogen-bond donors (Lipinski definition) is 1. The number of rotatable bonds is 8. The lowest BCUT2D eigenvalue weighted by Gasteiger charge is -2.34. The summed E-state index contributed by atoms with van der Waals surface area (Å²) in [6.45, 7) is 3.76. The Bertz CT molecular complexity index is 1560. The summed E-state index contributed by atoms with van der Waals surface area (Å²) in [6.07, 6.45) is 7.84. The van der Waals surface area contributed by atoms with E-state index in [2.05, 4.69) is 26.0 Å². The molecule has 0 spiro atoms. The maximum absolute atomic E-state index is 13.2. The SMILES string of the molecule is CCc1nc2cc(C(F)(F)F)ccn2c1C(=O)NCC1=CCC=C(N2CCC(c3ccc(OC(F)(F)P)cc3)CC2)C=C1. The highest BCUT2D eigenvalue weighted by atomic mass is 31.0. The first-order valence-electron chi connectivity index (χ1n) is 14.1. The van der Waals surface area contributed by atoms with Crippen molar-refractivity contribution in [1.29, 1.82) is 0 Å². The molecule has 1 aliphatic heterocycles. The molecule has 6 nitrogen and oxygen atoms in total. The number of nitrogens with one attached hydrogen (secondary N) is 1. The fraction of sp³-hybridized carbons (Fsp3) is 0.355.